The van der Waals surface area contributed by atoms with Gasteiger partial charge in [-0.2, -0.15) is 0 Å². The summed E-state index contributed by atoms with van der Waals surface area (Å²) in [5.41, 5.74) is 0.863. The van der Waals surface area contributed by atoms with Crippen molar-refractivity contribution in [1.29, 1.82) is 0 Å². The molecule has 5 nitrogen and oxygen atoms in total. The third-order valence-electron chi connectivity index (χ3n) is 4.04. The molecule has 1 fully saturated rings. The number of hydrogen-bond acceptors (Lipinski definition) is 4. The van der Waals surface area contributed by atoms with Crippen molar-refractivity contribution >= 4 is 16.9 Å². The summed E-state index contributed by atoms with van der Waals surface area (Å²) in [7, 11) is 0. The lowest BCUT2D eigenvalue weighted by atomic mass is 10.1. The van der Waals surface area contributed by atoms with E-state index in [1.165, 1.54) is 0 Å². The van der Waals surface area contributed by atoms with E-state index in [1.807, 2.05) is 30.3 Å². The average Bonchev–Trinajstić information content (AvgIpc) is 2.90. The molecular weight excluding hydrogens is 270 g/mol. The topological polar surface area (TPSA) is 62.9 Å². The van der Waals surface area contributed by atoms with Crippen LogP contribution >= 0.6 is 0 Å². The second-order valence-corrected chi connectivity index (χ2v) is 5.43. The molecule has 0 amide bonds. The molecule has 2 aromatic rings. The van der Waals surface area contributed by atoms with Crippen molar-refractivity contribution in [2.24, 2.45) is 0 Å². The zero-order valence-corrected chi connectivity index (χ0v) is 12.0. The van der Waals surface area contributed by atoms with Crippen LogP contribution in [0.2, 0.25) is 0 Å². The molecule has 0 radical (unpaired) electrons. The molecule has 1 aromatic heterocycles. The highest BCUT2D eigenvalue weighted by atomic mass is 16.5. The Morgan fingerprint density at radius 2 is 2.29 bits per heavy atom. The van der Waals surface area contributed by atoms with E-state index in [0.29, 0.717) is 13.2 Å². The van der Waals surface area contributed by atoms with Gasteiger partial charge in [0.05, 0.1) is 25.7 Å². The van der Waals surface area contributed by atoms with Crippen molar-refractivity contribution < 1.29 is 19.1 Å². The molecule has 5 heteroatoms. The summed E-state index contributed by atoms with van der Waals surface area (Å²) >= 11 is 0. The molecule has 0 spiro atoms. The lowest BCUT2D eigenvalue weighted by molar-refractivity contribution is -0.141. The van der Waals surface area contributed by atoms with Gasteiger partial charge in [-0.05, 0) is 19.1 Å². The maximum Gasteiger partial charge on any atom is 0.305 e. The molecule has 1 aliphatic rings. The van der Waals surface area contributed by atoms with Crippen molar-refractivity contribution in [3.05, 3.63) is 36.1 Å². The molecule has 3 rings (SSSR count). The van der Waals surface area contributed by atoms with Crippen LogP contribution in [-0.4, -0.2) is 41.8 Å². The fraction of sp³-hybridized carbons (Fsp3) is 0.438. The predicted octanol–water partition coefficient (Wildman–Crippen LogP) is 2.67. The van der Waals surface area contributed by atoms with E-state index in [1.54, 1.807) is 0 Å². The first kappa shape index (κ1) is 14.1. The van der Waals surface area contributed by atoms with Crippen LogP contribution in [0.25, 0.3) is 11.0 Å². The number of fused-ring (bicyclic) bond motifs is 1. The zero-order chi connectivity index (χ0) is 14.8. The number of morpholine rings is 1. The first-order chi connectivity index (χ1) is 10.1. The molecule has 1 N–H and O–H groups in total. The Bertz CT molecular complexity index is 603. The summed E-state index contributed by atoms with van der Waals surface area (Å²) in [6.07, 6.45) is 0.0879. The van der Waals surface area contributed by atoms with Crippen LogP contribution in [-0.2, 0) is 9.53 Å². The molecule has 2 atom stereocenters. The van der Waals surface area contributed by atoms with E-state index in [4.69, 9.17) is 14.3 Å². The Balaban J connectivity index is 1.84. The van der Waals surface area contributed by atoms with Crippen LogP contribution in [0.3, 0.4) is 0 Å². The highest BCUT2D eigenvalue weighted by molar-refractivity contribution is 5.77. The van der Waals surface area contributed by atoms with Gasteiger partial charge in [0.25, 0.3) is 0 Å². The summed E-state index contributed by atoms with van der Waals surface area (Å²) < 4.78 is 11.3. The first-order valence-electron chi connectivity index (χ1n) is 7.19. The summed E-state index contributed by atoms with van der Waals surface area (Å²) in [5.74, 6) is 0.0702. The van der Waals surface area contributed by atoms with E-state index in [2.05, 4.69) is 11.8 Å². The highest BCUT2D eigenvalue weighted by Gasteiger charge is 2.31. The van der Waals surface area contributed by atoms with Gasteiger partial charge in [-0.1, -0.05) is 18.2 Å². The lowest BCUT2D eigenvalue weighted by Gasteiger charge is -2.38. The van der Waals surface area contributed by atoms with Crippen molar-refractivity contribution in [2.45, 2.75) is 25.4 Å². The minimum atomic E-state index is -0.799. The average molecular weight is 289 g/mol. The number of ether oxygens (including phenoxy) is 1. The van der Waals surface area contributed by atoms with Gasteiger partial charge in [0.2, 0.25) is 0 Å². The van der Waals surface area contributed by atoms with E-state index in [9.17, 15) is 4.79 Å². The molecule has 2 heterocycles. The number of carboxylic acids is 1. The number of para-hydroxylation sites is 1. The second-order valence-electron chi connectivity index (χ2n) is 5.43. The Kier molecular flexibility index (Phi) is 3.94. The van der Waals surface area contributed by atoms with Crippen molar-refractivity contribution in [3.63, 3.8) is 0 Å². The van der Waals surface area contributed by atoms with Crippen LogP contribution in [0.15, 0.2) is 34.7 Å². The Hall–Kier alpha value is -1.85. The van der Waals surface area contributed by atoms with E-state index < -0.39 is 5.97 Å². The van der Waals surface area contributed by atoms with Gasteiger partial charge in [0.1, 0.15) is 11.3 Å². The van der Waals surface area contributed by atoms with Crippen LogP contribution in [0, 0.1) is 0 Å². The maximum atomic E-state index is 11.0. The van der Waals surface area contributed by atoms with Crippen LogP contribution in [0.1, 0.15) is 25.1 Å². The number of hydrogen-bond donors (Lipinski definition) is 1. The SMILES string of the molecule is CC(c1cc2ccccc2o1)N1CCOCC1CC(=O)O. The van der Waals surface area contributed by atoms with E-state index in [0.717, 1.165) is 23.3 Å². The zero-order valence-electron chi connectivity index (χ0n) is 12.0. The number of furan rings is 1. The summed E-state index contributed by atoms with van der Waals surface area (Å²) in [6, 6.07) is 9.84. The van der Waals surface area contributed by atoms with E-state index >= 15 is 0 Å². The van der Waals surface area contributed by atoms with Crippen LogP contribution in [0.4, 0.5) is 0 Å². The molecule has 2 unspecified atom stereocenters. The fourth-order valence-corrected chi connectivity index (χ4v) is 2.93. The van der Waals surface area contributed by atoms with Gasteiger partial charge in [0.15, 0.2) is 0 Å². The lowest BCUT2D eigenvalue weighted by Crippen LogP contribution is -2.47. The molecule has 0 aliphatic carbocycles. The van der Waals surface area contributed by atoms with Crippen LogP contribution < -0.4 is 0 Å². The van der Waals surface area contributed by atoms with Gasteiger partial charge in [-0.25, -0.2) is 0 Å². The number of carboxylic acid groups (broad SMARTS) is 1. The highest BCUT2D eigenvalue weighted by Crippen LogP contribution is 2.30. The standard InChI is InChI=1S/C16H19NO4/c1-11(15-8-12-4-2-3-5-14(12)21-15)17-6-7-20-10-13(17)9-16(18)19/h2-5,8,11,13H,6-7,9-10H2,1H3,(H,18,19). The number of aliphatic carboxylic acids is 1. The van der Waals surface area contributed by atoms with Crippen molar-refractivity contribution in [2.75, 3.05) is 19.8 Å². The second kappa shape index (κ2) is 5.87. The fourth-order valence-electron chi connectivity index (χ4n) is 2.93. The third kappa shape index (κ3) is 2.94. The molecule has 0 saturated carbocycles. The first-order valence-corrected chi connectivity index (χ1v) is 7.19. The minimum Gasteiger partial charge on any atom is -0.481 e. The third-order valence-corrected chi connectivity index (χ3v) is 4.04. The quantitative estimate of drug-likeness (QED) is 0.937. The molecule has 1 aliphatic heterocycles. The number of benzene rings is 1. The molecular formula is C16H19NO4. The largest absolute Gasteiger partial charge is 0.481 e. The van der Waals surface area contributed by atoms with Crippen molar-refractivity contribution in [3.8, 4) is 0 Å². The predicted molar refractivity (Wildman–Crippen MR) is 78.2 cm³/mol. The van der Waals surface area contributed by atoms with Gasteiger partial charge >= 0.3 is 5.97 Å². The smallest absolute Gasteiger partial charge is 0.305 e. The number of rotatable bonds is 4. The molecule has 0 bridgehead atoms. The number of carbonyl (C=O) groups is 1. The summed E-state index contributed by atoms with van der Waals surface area (Å²) in [4.78, 5) is 13.2. The summed E-state index contributed by atoms with van der Waals surface area (Å²) in [6.45, 7) is 3.85. The summed E-state index contributed by atoms with van der Waals surface area (Å²) in [5, 5.41) is 10.1. The monoisotopic (exact) mass is 289 g/mol. The van der Waals surface area contributed by atoms with E-state index in [-0.39, 0.29) is 18.5 Å². The van der Waals surface area contributed by atoms with Crippen molar-refractivity contribution in [1.82, 2.24) is 4.90 Å². The van der Waals surface area contributed by atoms with Crippen LogP contribution in [0.5, 0.6) is 0 Å². The normalized spacial score (nSPS) is 21.5. The molecule has 1 aromatic carbocycles. The number of nitrogens with zero attached hydrogens (tertiary/aromatic N) is 1. The van der Waals surface area contributed by atoms with Gasteiger partial charge in [0, 0.05) is 18.0 Å². The Morgan fingerprint density at radius 1 is 1.48 bits per heavy atom. The van der Waals surface area contributed by atoms with Gasteiger partial charge in [-0.3, -0.25) is 9.69 Å². The molecule has 1 saturated heterocycles. The van der Waals surface area contributed by atoms with Gasteiger partial charge in [-0.15, -0.1) is 0 Å². The minimum absolute atomic E-state index is 0.0330. The Morgan fingerprint density at radius 3 is 3.05 bits per heavy atom. The van der Waals surface area contributed by atoms with Gasteiger partial charge < -0.3 is 14.3 Å². The molecule has 112 valence electrons. The maximum absolute atomic E-state index is 11.0. The molecule has 21 heavy (non-hydrogen) atoms. The Labute approximate surface area is 123 Å².